The van der Waals surface area contributed by atoms with Crippen molar-refractivity contribution in [3.8, 4) is 22.7 Å². The highest BCUT2D eigenvalue weighted by Crippen LogP contribution is 2.31. The summed E-state index contributed by atoms with van der Waals surface area (Å²) in [7, 11) is 1.61. The fourth-order valence-electron chi connectivity index (χ4n) is 3.03. The van der Waals surface area contributed by atoms with Gasteiger partial charge in [-0.05, 0) is 31.2 Å². The highest BCUT2D eigenvalue weighted by atomic mass is 32.1. The van der Waals surface area contributed by atoms with E-state index in [9.17, 15) is 4.79 Å². The van der Waals surface area contributed by atoms with Gasteiger partial charge in [-0.15, -0.1) is 11.3 Å². The van der Waals surface area contributed by atoms with Crippen LogP contribution in [-0.4, -0.2) is 27.8 Å². The van der Waals surface area contributed by atoms with E-state index in [1.807, 2.05) is 66.9 Å². The fraction of sp³-hybridized carbons (Fsp3) is 0.136. The number of carbonyl (C=O) groups excluding carboxylic acids is 1. The standard InChI is InChI=1S/C22H20N4O2S/c1-15-14-29-20(24-15)12-23-22(27)18-13-26(16-8-4-3-5-9-16)25-21(18)17-10-6-7-11-19(17)28-2/h3-11,13-14H,12H2,1-2H3,(H,23,27). The summed E-state index contributed by atoms with van der Waals surface area (Å²) in [5.74, 6) is 0.455. The molecule has 0 spiro atoms. The molecule has 146 valence electrons. The van der Waals surface area contributed by atoms with Crippen molar-refractivity contribution in [3.05, 3.63) is 82.4 Å². The van der Waals surface area contributed by atoms with E-state index in [0.29, 0.717) is 23.6 Å². The molecule has 0 atom stereocenters. The topological polar surface area (TPSA) is 69.0 Å². The first-order valence-electron chi connectivity index (χ1n) is 9.13. The predicted octanol–water partition coefficient (Wildman–Crippen LogP) is 4.24. The molecule has 0 unspecified atom stereocenters. The highest BCUT2D eigenvalue weighted by molar-refractivity contribution is 7.09. The Labute approximate surface area is 172 Å². The highest BCUT2D eigenvalue weighted by Gasteiger charge is 2.21. The number of aryl methyl sites for hydroxylation is 1. The number of hydrogen-bond donors (Lipinski definition) is 1. The second kappa shape index (κ2) is 8.28. The lowest BCUT2D eigenvalue weighted by Gasteiger charge is -2.08. The Hall–Kier alpha value is -3.45. The van der Waals surface area contributed by atoms with Gasteiger partial charge in [-0.1, -0.05) is 30.3 Å². The van der Waals surface area contributed by atoms with Gasteiger partial charge in [0.15, 0.2) is 0 Å². The Bertz CT molecular complexity index is 1130. The van der Waals surface area contributed by atoms with Gasteiger partial charge in [-0.25, -0.2) is 9.67 Å². The number of thiazole rings is 1. The summed E-state index contributed by atoms with van der Waals surface area (Å²) in [4.78, 5) is 17.4. The Morgan fingerprint density at radius 3 is 2.62 bits per heavy atom. The van der Waals surface area contributed by atoms with Crippen LogP contribution in [0.5, 0.6) is 5.75 Å². The van der Waals surface area contributed by atoms with E-state index >= 15 is 0 Å². The van der Waals surface area contributed by atoms with Gasteiger partial charge in [-0.2, -0.15) is 5.10 Å². The SMILES string of the molecule is COc1ccccc1-c1nn(-c2ccccc2)cc1C(=O)NCc1nc(C)cs1. The lowest BCUT2D eigenvalue weighted by molar-refractivity contribution is 0.0951. The Morgan fingerprint density at radius 1 is 1.14 bits per heavy atom. The summed E-state index contributed by atoms with van der Waals surface area (Å²) in [6, 6.07) is 17.2. The molecule has 0 bridgehead atoms. The van der Waals surface area contributed by atoms with Crippen molar-refractivity contribution in [2.45, 2.75) is 13.5 Å². The minimum atomic E-state index is -0.207. The number of nitrogens with zero attached hydrogens (tertiary/aromatic N) is 3. The van der Waals surface area contributed by atoms with Crippen LogP contribution < -0.4 is 10.1 Å². The molecule has 0 aliphatic heterocycles. The van der Waals surface area contributed by atoms with E-state index in [-0.39, 0.29) is 5.91 Å². The number of hydrogen-bond acceptors (Lipinski definition) is 5. The Morgan fingerprint density at radius 2 is 1.90 bits per heavy atom. The molecule has 4 rings (SSSR count). The van der Waals surface area contributed by atoms with Gasteiger partial charge >= 0.3 is 0 Å². The van der Waals surface area contributed by atoms with Crippen LogP contribution in [0.15, 0.2) is 66.2 Å². The zero-order chi connectivity index (χ0) is 20.2. The first kappa shape index (κ1) is 18.9. The van der Waals surface area contributed by atoms with Crippen molar-refractivity contribution in [1.82, 2.24) is 20.1 Å². The molecule has 0 saturated heterocycles. The maximum Gasteiger partial charge on any atom is 0.255 e. The van der Waals surface area contributed by atoms with E-state index < -0.39 is 0 Å². The van der Waals surface area contributed by atoms with Crippen LogP contribution in [0.25, 0.3) is 16.9 Å². The van der Waals surface area contributed by atoms with E-state index in [1.165, 1.54) is 11.3 Å². The van der Waals surface area contributed by atoms with Crippen LogP contribution in [-0.2, 0) is 6.54 Å². The molecule has 0 aliphatic carbocycles. The average molecular weight is 404 g/mol. The molecule has 6 nitrogen and oxygen atoms in total. The molecule has 0 saturated carbocycles. The summed E-state index contributed by atoms with van der Waals surface area (Å²) < 4.78 is 7.20. The first-order chi connectivity index (χ1) is 14.2. The predicted molar refractivity (Wildman–Crippen MR) is 114 cm³/mol. The van der Waals surface area contributed by atoms with Crippen LogP contribution in [0.1, 0.15) is 21.1 Å². The molecule has 7 heteroatoms. The van der Waals surface area contributed by atoms with Gasteiger partial charge < -0.3 is 10.1 Å². The molecule has 0 fully saturated rings. The molecule has 2 aromatic heterocycles. The average Bonchev–Trinajstić information content (AvgIpc) is 3.39. The number of aromatic nitrogens is 3. The monoisotopic (exact) mass is 404 g/mol. The second-order valence-corrected chi connectivity index (χ2v) is 7.38. The number of nitrogens with one attached hydrogen (secondary N) is 1. The summed E-state index contributed by atoms with van der Waals surface area (Å²) >= 11 is 1.53. The smallest absolute Gasteiger partial charge is 0.255 e. The summed E-state index contributed by atoms with van der Waals surface area (Å²) in [6.45, 7) is 2.31. The van der Waals surface area contributed by atoms with Crippen molar-refractivity contribution in [1.29, 1.82) is 0 Å². The molecule has 2 heterocycles. The van der Waals surface area contributed by atoms with Gasteiger partial charge in [0.2, 0.25) is 0 Å². The van der Waals surface area contributed by atoms with Gasteiger partial charge in [0.05, 0.1) is 24.9 Å². The van der Waals surface area contributed by atoms with Gasteiger partial charge in [0, 0.05) is 22.8 Å². The maximum atomic E-state index is 13.0. The lowest BCUT2D eigenvalue weighted by atomic mass is 10.1. The third-order valence-electron chi connectivity index (χ3n) is 4.41. The molecular formula is C22H20N4O2S. The number of amides is 1. The first-order valence-corrected chi connectivity index (χ1v) is 10.0. The third kappa shape index (κ3) is 4.05. The summed E-state index contributed by atoms with van der Waals surface area (Å²) in [5, 5.41) is 10.5. The molecule has 29 heavy (non-hydrogen) atoms. The van der Waals surface area contributed by atoms with E-state index in [1.54, 1.807) is 18.0 Å². The van der Waals surface area contributed by atoms with Crippen molar-refractivity contribution in [3.63, 3.8) is 0 Å². The van der Waals surface area contributed by atoms with E-state index in [2.05, 4.69) is 10.3 Å². The number of para-hydroxylation sites is 2. The quantitative estimate of drug-likeness (QED) is 0.522. The number of ether oxygens (including phenoxy) is 1. The number of benzene rings is 2. The van der Waals surface area contributed by atoms with Crippen LogP contribution in [0.4, 0.5) is 0 Å². The minimum absolute atomic E-state index is 0.207. The summed E-state index contributed by atoms with van der Waals surface area (Å²) in [5.41, 5.74) is 3.63. The minimum Gasteiger partial charge on any atom is -0.496 e. The second-order valence-electron chi connectivity index (χ2n) is 6.44. The zero-order valence-electron chi connectivity index (χ0n) is 16.1. The molecule has 2 aromatic carbocycles. The Kier molecular flexibility index (Phi) is 5.39. The lowest BCUT2D eigenvalue weighted by Crippen LogP contribution is -2.23. The molecule has 1 amide bonds. The number of rotatable bonds is 6. The largest absolute Gasteiger partial charge is 0.496 e. The van der Waals surface area contributed by atoms with E-state index in [4.69, 9.17) is 9.84 Å². The molecular weight excluding hydrogens is 384 g/mol. The normalized spacial score (nSPS) is 10.7. The zero-order valence-corrected chi connectivity index (χ0v) is 16.9. The van der Waals surface area contributed by atoms with Gasteiger partial charge in [0.25, 0.3) is 5.91 Å². The Balaban J connectivity index is 1.72. The van der Waals surface area contributed by atoms with Crippen molar-refractivity contribution >= 4 is 17.2 Å². The van der Waals surface area contributed by atoms with Crippen LogP contribution in [0.3, 0.4) is 0 Å². The maximum absolute atomic E-state index is 13.0. The summed E-state index contributed by atoms with van der Waals surface area (Å²) in [6.07, 6.45) is 1.75. The fourth-order valence-corrected chi connectivity index (χ4v) is 3.74. The van der Waals surface area contributed by atoms with Crippen molar-refractivity contribution in [2.75, 3.05) is 7.11 Å². The third-order valence-corrected chi connectivity index (χ3v) is 5.38. The number of carbonyl (C=O) groups is 1. The molecule has 0 aliphatic rings. The van der Waals surface area contributed by atoms with Gasteiger partial charge in [0.1, 0.15) is 16.5 Å². The van der Waals surface area contributed by atoms with E-state index in [0.717, 1.165) is 22.0 Å². The van der Waals surface area contributed by atoms with Crippen molar-refractivity contribution in [2.24, 2.45) is 0 Å². The molecule has 0 radical (unpaired) electrons. The number of methoxy groups -OCH3 is 1. The van der Waals surface area contributed by atoms with Crippen LogP contribution in [0, 0.1) is 6.92 Å². The van der Waals surface area contributed by atoms with Gasteiger partial charge in [-0.3, -0.25) is 4.79 Å². The van der Waals surface area contributed by atoms with Crippen molar-refractivity contribution < 1.29 is 9.53 Å². The molecule has 4 aromatic rings. The van der Waals surface area contributed by atoms with Crippen LogP contribution >= 0.6 is 11.3 Å². The molecule has 1 N–H and O–H groups in total. The van der Waals surface area contributed by atoms with Crippen LogP contribution in [0.2, 0.25) is 0 Å².